The molecule has 0 nitrogen and oxygen atoms in total. The lowest BCUT2D eigenvalue weighted by molar-refractivity contribution is 0.252. The molecular formula is C30H37F. The van der Waals surface area contributed by atoms with Crippen LogP contribution in [0.25, 0.3) is 21.9 Å². The van der Waals surface area contributed by atoms with Crippen molar-refractivity contribution in [3.05, 3.63) is 71.5 Å². The third-order valence-corrected chi connectivity index (χ3v) is 7.35. The van der Waals surface area contributed by atoms with E-state index >= 15 is 0 Å². The number of hydrogen-bond acceptors (Lipinski definition) is 0. The second-order valence-corrected chi connectivity index (χ2v) is 9.64. The maximum Gasteiger partial charge on any atom is 0.134 e. The van der Waals surface area contributed by atoms with Gasteiger partial charge in [0, 0.05) is 5.39 Å². The summed E-state index contributed by atoms with van der Waals surface area (Å²) < 4.78 is 14.7. The zero-order valence-electron chi connectivity index (χ0n) is 19.3. The number of rotatable bonds is 8. The van der Waals surface area contributed by atoms with Crippen molar-refractivity contribution < 1.29 is 4.39 Å². The van der Waals surface area contributed by atoms with Crippen LogP contribution in [0.4, 0.5) is 4.39 Å². The molecule has 1 aliphatic rings. The van der Waals surface area contributed by atoms with E-state index in [1.54, 1.807) is 0 Å². The van der Waals surface area contributed by atoms with Gasteiger partial charge in [-0.1, -0.05) is 107 Å². The molecule has 0 spiro atoms. The van der Waals surface area contributed by atoms with Crippen molar-refractivity contribution >= 4 is 10.8 Å². The molecule has 3 aromatic carbocycles. The van der Waals surface area contributed by atoms with Gasteiger partial charge in [0.15, 0.2) is 0 Å². The van der Waals surface area contributed by atoms with Gasteiger partial charge >= 0.3 is 0 Å². The fourth-order valence-electron chi connectivity index (χ4n) is 5.43. The predicted molar refractivity (Wildman–Crippen MR) is 132 cm³/mol. The summed E-state index contributed by atoms with van der Waals surface area (Å²) in [5.41, 5.74) is 4.64. The van der Waals surface area contributed by atoms with E-state index < -0.39 is 0 Å². The Morgan fingerprint density at radius 2 is 1.39 bits per heavy atom. The number of aryl methyl sites for hydroxylation is 2. The van der Waals surface area contributed by atoms with Crippen molar-refractivity contribution in [3.63, 3.8) is 0 Å². The fourth-order valence-corrected chi connectivity index (χ4v) is 5.43. The van der Waals surface area contributed by atoms with Gasteiger partial charge in [-0.25, -0.2) is 4.39 Å². The first kappa shape index (κ1) is 22.1. The molecule has 0 radical (unpaired) electrons. The summed E-state index contributed by atoms with van der Waals surface area (Å²) in [5, 5.41) is 1.72. The Hall–Kier alpha value is -2.15. The quantitative estimate of drug-likeness (QED) is 0.343. The van der Waals surface area contributed by atoms with Gasteiger partial charge in [0.25, 0.3) is 0 Å². The zero-order valence-corrected chi connectivity index (χ0v) is 19.3. The summed E-state index contributed by atoms with van der Waals surface area (Å²) in [5.74, 6) is 1.86. The predicted octanol–water partition coefficient (Wildman–Crippen LogP) is 9.14. The largest absolute Gasteiger partial charge is 0.206 e. The van der Waals surface area contributed by atoms with E-state index in [-0.39, 0.29) is 5.82 Å². The molecule has 0 aliphatic heterocycles. The molecule has 4 rings (SSSR count). The monoisotopic (exact) mass is 416 g/mol. The molecule has 1 heteroatoms. The van der Waals surface area contributed by atoms with Crippen LogP contribution in [0, 0.1) is 17.7 Å². The van der Waals surface area contributed by atoms with Crippen LogP contribution in [0.15, 0.2) is 54.6 Å². The van der Waals surface area contributed by atoms with Crippen LogP contribution in [0.1, 0.15) is 76.3 Å². The Labute approximate surface area is 187 Å². The number of benzene rings is 3. The molecule has 0 atom stereocenters. The second kappa shape index (κ2) is 10.4. The van der Waals surface area contributed by atoms with Crippen LogP contribution in [-0.4, -0.2) is 0 Å². The van der Waals surface area contributed by atoms with Gasteiger partial charge < -0.3 is 0 Å². The lowest BCUT2D eigenvalue weighted by Crippen LogP contribution is -2.15. The van der Waals surface area contributed by atoms with Gasteiger partial charge in [0.2, 0.25) is 0 Å². The van der Waals surface area contributed by atoms with E-state index in [1.807, 2.05) is 12.1 Å². The van der Waals surface area contributed by atoms with Gasteiger partial charge in [0.1, 0.15) is 5.82 Å². The van der Waals surface area contributed by atoms with E-state index in [1.165, 1.54) is 62.5 Å². The average molecular weight is 417 g/mol. The summed E-state index contributed by atoms with van der Waals surface area (Å²) in [6, 6.07) is 19.2. The molecule has 1 fully saturated rings. The Balaban J connectivity index is 1.39. The number of fused-ring (bicyclic) bond motifs is 1. The minimum absolute atomic E-state index is 0.0509. The van der Waals surface area contributed by atoms with Crippen LogP contribution in [0.2, 0.25) is 0 Å². The van der Waals surface area contributed by atoms with Crippen molar-refractivity contribution in [2.45, 2.75) is 78.1 Å². The third-order valence-electron chi connectivity index (χ3n) is 7.35. The molecule has 1 saturated carbocycles. The normalized spacial score (nSPS) is 19.1. The van der Waals surface area contributed by atoms with Crippen LogP contribution >= 0.6 is 0 Å². The molecule has 3 aromatic rings. The topological polar surface area (TPSA) is 0 Å². The minimum Gasteiger partial charge on any atom is -0.206 e. The molecule has 0 saturated heterocycles. The Bertz CT molecular complexity index is 977. The van der Waals surface area contributed by atoms with Crippen LogP contribution in [-0.2, 0) is 12.8 Å². The fraction of sp³-hybridized carbons (Fsp3) is 0.467. The molecule has 0 amide bonds. The lowest BCUT2D eigenvalue weighted by Gasteiger charge is -2.28. The maximum absolute atomic E-state index is 14.7. The van der Waals surface area contributed by atoms with E-state index in [0.29, 0.717) is 0 Å². The molecule has 31 heavy (non-hydrogen) atoms. The SMILES string of the molecule is CCCc1ccc2cc(-c3ccc(CCC4CCC(CCC)CC4)cc3)ccc2c1F. The van der Waals surface area contributed by atoms with Gasteiger partial charge in [-0.2, -0.15) is 0 Å². The van der Waals surface area contributed by atoms with E-state index in [0.717, 1.165) is 46.6 Å². The molecule has 0 bridgehead atoms. The summed E-state index contributed by atoms with van der Waals surface area (Å²) >= 11 is 0. The molecule has 0 heterocycles. The summed E-state index contributed by atoms with van der Waals surface area (Å²) in [7, 11) is 0. The van der Waals surface area contributed by atoms with Gasteiger partial charge in [0.05, 0.1) is 0 Å². The highest BCUT2D eigenvalue weighted by molar-refractivity contribution is 5.88. The Kier molecular flexibility index (Phi) is 7.43. The van der Waals surface area contributed by atoms with E-state index in [4.69, 9.17) is 0 Å². The first-order valence-corrected chi connectivity index (χ1v) is 12.5. The molecule has 0 N–H and O–H groups in total. The van der Waals surface area contributed by atoms with Crippen molar-refractivity contribution in [3.8, 4) is 11.1 Å². The molecule has 0 unspecified atom stereocenters. The van der Waals surface area contributed by atoms with Crippen LogP contribution in [0.3, 0.4) is 0 Å². The Morgan fingerprint density at radius 1 is 0.710 bits per heavy atom. The Morgan fingerprint density at radius 3 is 2.06 bits per heavy atom. The minimum atomic E-state index is -0.0509. The zero-order chi connectivity index (χ0) is 21.6. The molecular weight excluding hydrogens is 379 g/mol. The molecule has 1 aliphatic carbocycles. The maximum atomic E-state index is 14.7. The number of halogens is 1. The first-order valence-electron chi connectivity index (χ1n) is 12.5. The third kappa shape index (κ3) is 5.37. The second-order valence-electron chi connectivity index (χ2n) is 9.64. The number of hydrogen-bond donors (Lipinski definition) is 0. The summed E-state index contributed by atoms with van der Waals surface area (Å²) in [6.07, 6.45) is 12.8. The van der Waals surface area contributed by atoms with Crippen molar-refractivity contribution in [1.82, 2.24) is 0 Å². The summed E-state index contributed by atoms with van der Waals surface area (Å²) in [6.45, 7) is 4.41. The van der Waals surface area contributed by atoms with Crippen molar-refractivity contribution in [2.24, 2.45) is 11.8 Å². The van der Waals surface area contributed by atoms with Gasteiger partial charge in [-0.15, -0.1) is 0 Å². The molecule has 0 aromatic heterocycles. The van der Waals surface area contributed by atoms with Gasteiger partial charge in [-0.05, 0) is 64.8 Å². The lowest BCUT2D eigenvalue weighted by atomic mass is 9.78. The first-order chi connectivity index (χ1) is 15.2. The van der Waals surface area contributed by atoms with Crippen LogP contribution < -0.4 is 0 Å². The highest BCUT2D eigenvalue weighted by atomic mass is 19.1. The standard InChI is InChI=1S/C30H37F/c1-3-5-22-7-9-23(10-8-22)11-12-24-13-15-25(16-14-24)27-19-20-29-28(21-27)18-17-26(6-4-2)30(29)31/h13-23H,3-12H2,1-2H3. The van der Waals surface area contributed by atoms with Crippen LogP contribution in [0.5, 0.6) is 0 Å². The summed E-state index contributed by atoms with van der Waals surface area (Å²) in [4.78, 5) is 0. The van der Waals surface area contributed by atoms with Crippen molar-refractivity contribution in [2.75, 3.05) is 0 Å². The smallest absolute Gasteiger partial charge is 0.134 e. The highest BCUT2D eigenvalue weighted by Gasteiger charge is 2.20. The van der Waals surface area contributed by atoms with E-state index in [2.05, 4.69) is 56.3 Å². The highest BCUT2D eigenvalue weighted by Crippen LogP contribution is 2.34. The van der Waals surface area contributed by atoms with Crippen molar-refractivity contribution in [1.29, 1.82) is 0 Å². The average Bonchev–Trinajstić information content (AvgIpc) is 2.81. The molecule has 164 valence electrons. The van der Waals surface area contributed by atoms with E-state index in [9.17, 15) is 4.39 Å². The van der Waals surface area contributed by atoms with Gasteiger partial charge in [-0.3, -0.25) is 0 Å².